The van der Waals surface area contributed by atoms with E-state index in [1.54, 1.807) is 36.4 Å². The van der Waals surface area contributed by atoms with Gasteiger partial charge in [0.2, 0.25) is 0 Å². The molecule has 1 aliphatic rings. The second kappa shape index (κ2) is 9.17. The van der Waals surface area contributed by atoms with Gasteiger partial charge in [-0.25, -0.2) is 4.79 Å². The number of nitrogens with one attached hydrogen (secondary N) is 2. The maximum Gasteiger partial charge on any atom is 0.338 e. The molecule has 0 unspecified atom stereocenters. The summed E-state index contributed by atoms with van der Waals surface area (Å²) in [6, 6.07) is 11.1. The van der Waals surface area contributed by atoms with Gasteiger partial charge in [-0.3, -0.25) is 4.79 Å². The number of amides is 1. The van der Waals surface area contributed by atoms with Crippen LogP contribution in [0.15, 0.2) is 48.7 Å². The minimum atomic E-state index is -0.542. The van der Waals surface area contributed by atoms with Crippen LogP contribution >= 0.6 is 12.4 Å². The number of hydrogen-bond donors (Lipinski definition) is 2. The van der Waals surface area contributed by atoms with Crippen LogP contribution in [0.3, 0.4) is 0 Å². The number of benzene rings is 1. The van der Waals surface area contributed by atoms with E-state index in [1.807, 2.05) is 0 Å². The zero-order chi connectivity index (χ0) is 17.6. The molecule has 0 atom stereocenters. The molecule has 1 aromatic carbocycles. The number of halogens is 1. The Kier molecular flexibility index (Phi) is 6.94. The van der Waals surface area contributed by atoms with Crippen molar-refractivity contribution in [1.82, 2.24) is 5.32 Å². The summed E-state index contributed by atoms with van der Waals surface area (Å²) in [5, 5.41) is 17.5. The summed E-state index contributed by atoms with van der Waals surface area (Å²) in [4.78, 5) is 24.4. The van der Waals surface area contributed by atoms with Crippen LogP contribution in [-0.2, 0) is 4.74 Å². The zero-order valence-electron chi connectivity index (χ0n) is 14.0. The summed E-state index contributed by atoms with van der Waals surface area (Å²) in [7, 11) is 0. The third kappa shape index (κ3) is 4.93. The molecule has 1 saturated heterocycles. The molecule has 0 spiro atoms. The predicted molar refractivity (Wildman–Crippen MR) is 98.4 cm³/mol. The Balaban J connectivity index is 0.00000243. The smallest absolute Gasteiger partial charge is 0.338 e. The van der Waals surface area contributed by atoms with E-state index in [0.717, 1.165) is 25.9 Å². The molecular formula is C18H20ClN3O4. The van der Waals surface area contributed by atoms with Crippen LogP contribution in [0.1, 0.15) is 33.7 Å². The van der Waals surface area contributed by atoms with Gasteiger partial charge in [-0.15, -0.1) is 12.4 Å². The molecule has 138 valence electrons. The summed E-state index contributed by atoms with van der Waals surface area (Å²) in [6.07, 6.45) is 2.75. The van der Waals surface area contributed by atoms with Crippen molar-refractivity contribution in [3.63, 3.8) is 0 Å². The van der Waals surface area contributed by atoms with E-state index in [1.165, 1.54) is 12.3 Å². The Morgan fingerprint density at radius 2 is 1.92 bits per heavy atom. The quantitative estimate of drug-likeness (QED) is 0.482. The van der Waals surface area contributed by atoms with E-state index >= 15 is 0 Å². The third-order valence-electron chi connectivity index (χ3n) is 3.97. The lowest BCUT2D eigenvalue weighted by Gasteiger charge is -2.22. The summed E-state index contributed by atoms with van der Waals surface area (Å²) in [5.41, 5.74) is 0.762. The number of piperidine rings is 1. The average molecular weight is 378 g/mol. The Morgan fingerprint density at radius 1 is 1.15 bits per heavy atom. The number of hydrogen-bond acceptors (Lipinski definition) is 5. The molecule has 8 heteroatoms. The van der Waals surface area contributed by atoms with Gasteiger partial charge in [0.15, 0.2) is 6.20 Å². The minimum Gasteiger partial charge on any atom is -0.618 e. The molecule has 0 aliphatic carbocycles. The molecule has 1 fully saturated rings. The molecule has 1 aromatic heterocycles. The van der Waals surface area contributed by atoms with Crippen molar-refractivity contribution in [1.29, 1.82) is 0 Å². The molecule has 26 heavy (non-hydrogen) atoms. The SMILES string of the molecule is Cl.O=C(OC1CCNCC1)c1cccc(NC(=O)c2cccc[n+]2[O-])c1. The Morgan fingerprint density at radius 3 is 2.65 bits per heavy atom. The van der Waals surface area contributed by atoms with Crippen LogP contribution in [0.4, 0.5) is 5.69 Å². The first-order valence-corrected chi connectivity index (χ1v) is 8.15. The zero-order valence-corrected chi connectivity index (χ0v) is 14.8. The van der Waals surface area contributed by atoms with Crippen molar-refractivity contribution in [3.05, 3.63) is 65.1 Å². The van der Waals surface area contributed by atoms with Crippen molar-refractivity contribution in [2.24, 2.45) is 0 Å². The molecule has 2 heterocycles. The van der Waals surface area contributed by atoms with Gasteiger partial charge in [-0.2, -0.15) is 4.73 Å². The van der Waals surface area contributed by atoms with E-state index < -0.39 is 11.9 Å². The molecule has 1 amide bonds. The second-order valence-corrected chi connectivity index (χ2v) is 5.80. The topological polar surface area (TPSA) is 94.4 Å². The lowest BCUT2D eigenvalue weighted by molar-refractivity contribution is -0.607. The van der Waals surface area contributed by atoms with Gasteiger partial charge in [-0.05, 0) is 50.2 Å². The van der Waals surface area contributed by atoms with Gasteiger partial charge in [-0.1, -0.05) is 6.07 Å². The Bertz CT molecular complexity index is 779. The van der Waals surface area contributed by atoms with Crippen LogP contribution in [-0.4, -0.2) is 31.1 Å². The highest BCUT2D eigenvalue weighted by Crippen LogP contribution is 2.15. The molecule has 7 nitrogen and oxygen atoms in total. The van der Waals surface area contributed by atoms with Crippen molar-refractivity contribution in [2.75, 3.05) is 18.4 Å². The number of carbonyl (C=O) groups is 2. The first kappa shape index (κ1) is 19.7. The number of anilines is 1. The molecule has 0 radical (unpaired) electrons. The van der Waals surface area contributed by atoms with Crippen molar-refractivity contribution < 1.29 is 19.1 Å². The monoisotopic (exact) mass is 377 g/mol. The highest BCUT2D eigenvalue weighted by Gasteiger charge is 2.19. The maximum absolute atomic E-state index is 12.3. The molecule has 1 aliphatic heterocycles. The van der Waals surface area contributed by atoms with Crippen LogP contribution in [0, 0.1) is 5.21 Å². The average Bonchev–Trinajstić information content (AvgIpc) is 2.63. The van der Waals surface area contributed by atoms with Crippen molar-refractivity contribution in [2.45, 2.75) is 18.9 Å². The number of aromatic nitrogens is 1. The molecule has 2 aromatic rings. The standard InChI is InChI=1S/C18H19N3O4.ClH/c22-17(16-6-1-2-11-21(16)24)20-14-5-3-4-13(12-14)18(23)25-15-7-9-19-10-8-15;/h1-6,11-12,15,19H,7-10H2,(H,20,22);1H. The van der Waals surface area contributed by atoms with Gasteiger partial charge in [0.25, 0.3) is 5.69 Å². The van der Waals surface area contributed by atoms with Gasteiger partial charge < -0.3 is 20.6 Å². The largest absolute Gasteiger partial charge is 0.618 e. The number of esters is 1. The fourth-order valence-electron chi connectivity index (χ4n) is 2.66. The van der Waals surface area contributed by atoms with Crippen molar-refractivity contribution in [3.8, 4) is 0 Å². The number of nitrogens with zero attached hydrogens (tertiary/aromatic N) is 1. The molecular weight excluding hydrogens is 358 g/mol. The van der Waals surface area contributed by atoms with Crippen molar-refractivity contribution >= 4 is 30.0 Å². The number of ether oxygens (including phenoxy) is 1. The van der Waals surface area contributed by atoms with E-state index in [9.17, 15) is 14.8 Å². The molecule has 3 rings (SSSR count). The highest BCUT2D eigenvalue weighted by molar-refractivity contribution is 6.02. The second-order valence-electron chi connectivity index (χ2n) is 5.80. The predicted octanol–water partition coefficient (Wildman–Crippen LogP) is 1.90. The van der Waals surface area contributed by atoms with Crippen LogP contribution in [0.5, 0.6) is 0 Å². The summed E-state index contributed by atoms with van der Waals surface area (Å²) in [6.45, 7) is 1.67. The maximum atomic E-state index is 12.3. The van der Waals surface area contributed by atoms with Gasteiger partial charge in [0, 0.05) is 17.8 Å². The number of carbonyl (C=O) groups excluding carboxylic acids is 2. The first-order valence-electron chi connectivity index (χ1n) is 8.15. The Labute approximate surface area is 157 Å². The molecule has 0 saturated carbocycles. The normalized spacial score (nSPS) is 14.2. The number of pyridine rings is 1. The fraction of sp³-hybridized carbons (Fsp3) is 0.278. The van der Waals surface area contributed by atoms with Crippen LogP contribution < -0.4 is 15.4 Å². The lowest BCUT2D eigenvalue weighted by Crippen LogP contribution is -2.36. The van der Waals surface area contributed by atoms with Gasteiger partial charge >= 0.3 is 11.9 Å². The fourth-order valence-corrected chi connectivity index (χ4v) is 2.66. The first-order chi connectivity index (χ1) is 12.1. The number of rotatable bonds is 4. The summed E-state index contributed by atoms with van der Waals surface area (Å²) < 4.78 is 5.99. The minimum absolute atomic E-state index is 0. The van der Waals surface area contributed by atoms with E-state index in [0.29, 0.717) is 16.0 Å². The molecule has 0 bridgehead atoms. The van der Waals surface area contributed by atoms with Crippen LogP contribution in [0.2, 0.25) is 0 Å². The Hall–Kier alpha value is -2.64. The lowest BCUT2D eigenvalue weighted by atomic mass is 10.1. The molecule has 2 N–H and O–H groups in total. The van der Waals surface area contributed by atoms with E-state index in [4.69, 9.17) is 4.74 Å². The van der Waals surface area contributed by atoms with Crippen LogP contribution in [0.25, 0.3) is 0 Å². The highest BCUT2D eigenvalue weighted by atomic mass is 35.5. The summed E-state index contributed by atoms with van der Waals surface area (Å²) in [5.74, 6) is -0.957. The summed E-state index contributed by atoms with van der Waals surface area (Å²) >= 11 is 0. The van der Waals surface area contributed by atoms with E-state index in [-0.39, 0.29) is 24.2 Å². The van der Waals surface area contributed by atoms with E-state index in [2.05, 4.69) is 10.6 Å². The third-order valence-corrected chi connectivity index (χ3v) is 3.97. The van der Waals surface area contributed by atoms with Gasteiger partial charge in [0.1, 0.15) is 6.10 Å². The van der Waals surface area contributed by atoms with Gasteiger partial charge in [0.05, 0.1) is 5.56 Å².